The molecule has 0 saturated carbocycles. The predicted octanol–water partition coefficient (Wildman–Crippen LogP) is 6.81. The first-order valence-electron chi connectivity index (χ1n) is 11.9. The number of pyridine rings is 1. The van der Waals surface area contributed by atoms with Crippen LogP contribution in [0.15, 0.2) is 42.7 Å². The summed E-state index contributed by atoms with van der Waals surface area (Å²) >= 11 is 1.29. The Balaban J connectivity index is 1.71. The van der Waals surface area contributed by atoms with Crippen LogP contribution in [0.4, 0.5) is 9.39 Å². The summed E-state index contributed by atoms with van der Waals surface area (Å²) in [4.78, 5) is 16.8. The van der Waals surface area contributed by atoms with E-state index in [1.165, 1.54) is 17.5 Å². The topological polar surface area (TPSA) is 77.2 Å². The van der Waals surface area contributed by atoms with Gasteiger partial charge < -0.3 is 15.5 Å². The van der Waals surface area contributed by atoms with E-state index in [4.69, 9.17) is 10.2 Å². The zero-order valence-electron chi connectivity index (χ0n) is 20.9. The lowest BCUT2D eigenvalue weighted by molar-refractivity contribution is -0.117. The number of halogens is 1. The maximum absolute atomic E-state index is 13.9. The molecule has 1 unspecified atom stereocenters. The van der Waals surface area contributed by atoms with E-state index >= 15 is 0 Å². The second-order valence-corrected chi connectivity index (χ2v) is 16.3. The summed E-state index contributed by atoms with van der Waals surface area (Å²) in [5.74, 6) is -1.11. The molecule has 0 fully saturated rings. The van der Waals surface area contributed by atoms with Crippen LogP contribution in [0.3, 0.4) is 0 Å². The lowest BCUT2D eigenvalue weighted by Crippen LogP contribution is -2.47. The van der Waals surface area contributed by atoms with Crippen LogP contribution in [-0.4, -0.2) is 25.8 Å². The van der Waals surface area contributed by atoms with Crippen LogP contribution in [-0.2, 0) is 15.8 Å². The normalized spacial score (nSPS) is 13.3. The molecule has 0 radical (unpaired) electrons. The smallest absolute Gasteiger partial charge is 0.233 e. The monoisotopic (exact) mass is 501 g/mol. The average molecular weight is 502 g/mol. The Labute approximate surface area is 207 Å². The van der Waals surface area contributed by atoms with Gasteiger partial charge in [0.25, 0.3) is 0 Å². The molecule has 184 valence electrons. The molecule has 1 atom stereocenters. The summed E-state index contributed by atoms with van der Waals surface area (Å²) in [7, 11) is -1.95. The van der Waals surface area contributed by atoms with Gasteiger partial charge in [-0.3, -0.25) is 9.78 Å². The van der Waals surface area contributed by atoms with Gasteiger partial charge in [-0.05, 0) is 33.8 Å². The molecule has 2 heterocycles. The number of nitrogens with zero attached hydrogens (tertiary/aromatic N) is 1. The van der Waals surface area contributed by atoms with Crippen molar-refractivity contribution < 1.29 is 13.6 Å². The van der Waals surface area contributed by atoms with Crippen molar-refractivity contribution in [2.24, 2.45) is 5.73 Å². The molecule has 0 aliphatic carbocycles. The summed E-state index contributed by atoms with van der Waals surface area (Å²) < 4.78 is 21.3. The third-order valence-electron chi connectivity index (χ3n) is 6.77. The van der Waals surface area contributed by atoms with Crippen molar-refractivity contribution in [3.8, 4) is 0 Å². The number of nitrogens with one attached hydrogen (secondary N) is 1. The Morgan fingerprint density at radius 3 is 2.24 bits per heavy atom. The van der Waals surface area contributed by atoms with E-state index in [1.54, 1.807) is 12.3 Å². The molecule has 0 spiro atoms. The molecule has 8 heteroatoms. The van der Waals surface area contributed by atoms with Gasteiger partial charge in [0.05, 0.1) is 28.4 Å². The van der Waals surface area contributed by atoms with Crippen molar-refractivity contribution >= 4 is 40.6 Å². The van der Waals surface area contributed by atoms with E-state index in [1.807, 2.05) is 24.3 Å². The van der Waals surface area contributed by atoms with Crippen LogP contribution < -0.4 is 11.1 Å². The highest BCUT2D eigenvalue weighted by Crippen LogP contribution is 2.42. The SMILES string of the molecule is CC(C)[Si](OCc1ccc(C(CN)C(=O)Nc2cc3c(F)cncc3s2)cc1)(C(C)C)C(C)C. The third-order valence-corrected chi connectivity index (χ3v) is 13.8. The summed E-state index contributed by atoms with van der Waals surface area (Å²) in [5, 5.41) is 3.92. The van der Waals surface area contributed by atoms with E-state index in [0.717, 1.165) is 11.1 Å². The molecular weight excluding hydrogens is 465 g/mol. The number of aromatic nitrogens is 1. The van der Waals surface area contributed by atoms with Gasteiger partial charge in [0.2, 0.25) is 14.2 Å². The summed E-state index contributed by atoms with van der Waals surface area (Å²) in [6, 6.07) is 9.58. The van der Waals surface area contributed by atoms with Crippen molar-refractivity contribution in [2.45, 2.75) is 70.7 Å². The molecule has 5 nitrogen and oxygen atoms in total. The van der Waals surface area contributed by atoms with E-state index in [9.17, 15) is 9.18 Å². The van der Waals surface area contributed by atoms with Crippen LogP contribution >= 0.6 is 11.3 Å². The molecule has 0 bridgehead atoms. The number of carbonyl (C=O) groups is 1. The van der Waals surface area contributed by atoms with Gasteiger partial charge in [-0.2, -0.15) is 0 Å². The number of amides is 1. The van der Waals surface area contributed by atoms with Gasteiger partial charge in [0.15, 0.2) is 0 Å². The van der Waals surface area contributed by atoms with Crippen LogP contribution in [0.2, 0.25) is 16.6 Å². The van der Waals surface area contributed by atoms with Crippen LogP contribution in [0.5, 0.6) is 0 Å². The number of carbonyl (C=O) groups excluding carboxylic acids is 1. The van der Waals surface area contributed by atoms with Gasteiger partial charge in [0.1, 0.15) is 5.82 Å². The minimum atomic E-state index is -1.95. The van der Waals surface area contributed by atoms with Crippen LogP contribution in [0.25, 0.3) is 10.1 Å². The lowest BCUT2D eigenvalue weighted by Gasteiger charge is -2.42. The minimum absolute atomic E-state index is 0.173. The quantitative estimate of drug-likeness (QED) is 0.299. The van der Waals surface area contributed by atoms with Gasteiger partial charge in [-0.1, -0.05) is 65.8 Å². The molecule has 0 aliphatic heterocycles. The number of thiophene rings is 1. The van der Waals surface area contributed by atoms with Gasteiger partial charge in [-0.15, -0.1) is 11.3 Å². The molecule has 1 amide bonds. The largest absolute Gasteiger partial charge is 0.412 e. The van der Waals surface area contributed by atoms with Crippen LogP contribution in [0.1, 0.15) is 58.6 Å². The van der Waals surface area contributed by atoms with E-state index in [2.05, 4.69) is 51.8 Å². The number of anilines is 1. The number of hydrogen-bond acceptors (Lipinski definition) is 5. The Bertz CT molecular complexity index is 1090. The highest BCUT2D eigenvalue weighted by Gasteiger charge is 2.44. The maximum Gasteiger partial charge on any atom is 0.233 e. The fraction of sp³-hybridized carbons (Fsp3) is 0.462. The van der Waals surface area contributed by atoms with Crippen molar-refractivity contribution in [1.82, 2.24) is 4.98 Å². The second kappa shape index (κ2) is 11.1. The second-order valence-electron chi connectivity index (χ2n) is 9.77. The minimum Gasteiger partial charge on any atom is -0.412 e. The number of fused-ring (bicyclic) bond motifs is 1. The molecule has 1 aromatic carbocycles. The Hall–Kier alpha value is -2.13. The number of rotatable bonds is 10. The molecule has 3 rings (SSSR count). The Morgan fingerprint density at radius 1 is 1.09 bits per heavy atom. The molecule has 3 N–H and O–H groups in total. The first-order valence-corrected chi connectivity index (χ1v) is 14.8. The van der Waals surface area contributed by atoms with E-state index in [-0.39, 0.29) is 12.5 Å². The molecule has 0 saturated heterocycles. The summed E-state index contributed by atoms with van der Waals surface area (Å²) in [6.07, 6.45) is 2.76. The summed E-state index contributed by atoms with van der Waals surface area (Å²) in [6.45, 7) is 14.4. The number of benzene rings is 1. The standard InChI is InChI=1S/C26H36FN3O2SSi/c1-16(2)34(17(3)4,18(5)6)32-15-19-7-9-20(10-8-19)22(12-28)26(31)30-25-11-21-23(27)13-29-14-24(21)33-25/h7-11,13-14,16-18,22H,12,15,28H2,1-6H3,(H,30,31). The number of nitrogens with two attached hydrogens (primary N) is 1. The fourth-order valence-electron chi connectivity index (χ4n) is 5.15. The molecule has 0 aliphatic rings. The van der Waals surface area contributed by atoms with E-state index in [0.29, 0.717) is 38.3 Å². The highest BCUT2D eigenvalue weighted by molar-refractivity contribution is 7.22. The van der Waals surface area contributed by atoms with E-state index < -0.39 is 20.1 Å². The Kier molecular flexibility index (Phi) is 8.62. The molecule has 2 aromatic heterocycles. The summed E-state index contributed by atoms with van der Waals surface area (Å²) in [5.41, 5.74) is 9.47. The average Bonchev–Trinajstić information content (AvgIpc) is 3.18. The first kappa shape index (κ1) is 26.5. The molecular formula is C26H36FN3O2SSi. The molecule has 3 aromatic rings. The first-order chi connectivity index (χ1) is 16.1. The zero-order valence-corrected chi connectivity index (χ0v) is 22.7. The van der Waals surface area contributed by atoms with Crippen molar-refractivity contribution in [3.05, 3.63) is 59.7 Å². The fourth-order valence-corrected chi connectivity index (χ4v) is 11.5. The van der Waals surface area contributed by atoms with Gasteiger partial charge >= 0.3 is 0 Å². The number of hydrogen-bond donors (Lipinski definition) is 2. The third kappa shape index (κ3) is 5.40. The lowest BCUT2D eigenvalue weighted by atomic mass is 9.97. The van der Waals surface area contributed by atoms with Gasteiger partial charge in [0, 0.05) is 18.1 Å². The Morgan fingerprint density at radius 2 is 1.71 bits per heavy atom. The van der Waals surface area contributed by atoms with Gasteiger partial charge in [-0.25, -0.2) is 4.39 Å². The predicted molar refractivity (Wildman–Crippen MR) is 142 cm³/mol. The highest BCUT2D eigenvalue weighted by atomic mass is 32.1. The van der Waals surface area contributed by atoms with Crippen molar-refractivity contribution in [1.29, 1.82) is 0 Å². The maximum atomic E-state index is 13.9. The van der Waals surface area contributed by atoms with Crippen molar-refractivity contribution in [3.63, 3.8) is 0 Å². The zero-order chi connectivity index (χ0) is 25.0. The molecule has 34 heavy (non-hydrogen) atoms. The van der Waals surface area contributed by atoms with Crippen molar-refractivity contribution in [2.75, 3.05) is 11.9 Å². The van der Waals surface area contributed by atoms with Crippen LogP contribution in [0, 0.1) is 5.82 Å².